The largest absolute Gasteiger partial charge is 0.488 e. The Morgan fingerprint density at radius 1 is 1.35 bits per heavy atom. The molecule has 1 aliphatic heterocycles. The third-order valence-corrected chi connectivity index (χ3v) is 4.87. The first kappa shape index (κ1) is 13.9. The van der Waals surface area contributed by atoms with Gasteiger partial charge in [0.2, 0.25) is 0 Å². The summed E-state index contributed by atoms with van der Waals surface area (Å²) in [7, 11) is 0. The zero-order valence-corrected chi connectivity index (χ0v) is 13.0. The zero-order valence-electron chi connectivity index (χ0n) is 11.4. The maximum Gasteiger partial charge on any atom is 0.123 e. The molecule has 0 bridgehead atoms. The molecule has 106 valence electrons. The van der Waals surface area contributed by atoms with Crippen LogP contribution >= 0.6 is 22.9 Å². The molecule has 0 fully saturated rings. The Kier molecular flexibility index (Phi) is 4.29. The molecule has 4 heteroatoms. The van der Waals surface area contributed by atoms with Crippen molar-refractivity contribution in [2.24, 2.45) is 0 Å². The molecule has 0 amide bonds. The van der Waals surface area contributed by atoms with Crippen LogP contribution in [-0.2, 0) is 6.42 Å². The van der Waals surface area contributed by atoms with Crippen molar-refractivity contribution >= 4 is 22.9 Å². The van der Waals surface area contributed by atoms with Crippen LogP contribution in [0.3, 0.4) is 0 Å². The van der Waals surface area contributed by atoms with E-state index in [0.29, 0.717) is 0 Å². The third kappa shape index (κ3) is 2.85. The minimum absolute atomic E-state index is 0.147. The molecule has 2 nitrogen and oxygen atoms in total. The van der Waals surface area contributed by atoms with Gasteiger partial charge in [-0.05, 0) is 36.7 Å². The van der Waals surface area contributed by atoms with Gasteiger partial charge in [-0.3, -0.25) is 0 Å². The molecule has 20 heavy (non-hydrogen) atoms. The average molecular weight is 308 g/mol. The number of para-hydroxylation sites is 1. The highest BCUT2D eigenvalue weighted by Crippen LogP contribution is 2.37. The molecule has 0 radical (unpaired) electrons. The van der Waals surface area contributed by atoms with Crippen molar-refractivity contribution in [3.05, 3.63) is 51.2 Å². The fourth-order valence-electron chi connectivity index (χ4n) is 2.61. The molecule has 3 rings (SSSR count). The summed E-state index contributed by atoms with van der Waals surface area (Å²) in [6.07, 6.45) is 2.20. The molecule has 0 saturated carbocycles. The van der Waals surface area contributed by atoms with Gasteiger partial charge < -0.3 is 10.1 Å². The minimum Gasteiger partial charge on any atom is -0.488 e. The van der Waals surface area contributed by atoms with Crippen LogP contribution in [0.1, 0.15) is 29.8 Å². The Labute approximate surface area is 128 Å². The highest BCUT2D eigenvalue weighted by atomic mass is 35.5. The van der Waals surface area contributed by atoms with E-state index in [1.807, 2.05) is 18.2 Å². The lowest BCUT2D eigenvalue weighted by Gasteiger charge is -2.23. The van der Waals surface area contributed by atoms with E-state index >= 15 is 0 Å². The number of hydrogen-bond acceptors (Lipinski definition) is 3. The van der Waals surface area contributed by atoms with Crippen molar-refractivity contribution < 1.29 is 4.74 Å². The molecule has 1 aromatic carbocycles. The van der Waals surface area contributed by atoms with Crippen LogP contribution in [0.4, 0.5) is 0 Å². The zero-order chi connectivity index (χ0) is 13.9. The SMILES string of the molecule is CCCNC(c1ccc(Cl)s1)C1Cc2ccccc2O1. The van der Waals surface area contributed by atoms with Crippen LogP contribution in [0.2, 0.25) is 4.34 Å². The van der Waals surface area contributed by atoms with Crippen molar-refractivity contribution in [1.29, 1.82) is 0 Å². The second-order valence-corrected chi connectivity index (χ2v) is 6.79. The molecule has 2 heterocycles. The number of halogens is 1. The van der Waals surface area contributed by atoms with Crippen LogP contribution < -0.4 is 10.1 Å². The van der Waals surface area contributed by atoms with Gasteiger partial charge in [-0.1, -0.05) is 36.7 Å². The predicted octanol–water partition coefficient (Wildman–Crippen LogP) is 4.45. The first-order chi connectivity index (χ1) is 9.78. The quantitative estimate of drug-likeness (QED) is 0.881. The molecule has 1 N–H and O–H groups in total. The van der Waals surface area contributed by atoms with Gasteiger partial charge in [-0.15, -0.1) is 11.3 Å². The fraction of sp³-hybridized carbons (Fsp3) is 0.375. The Balaban J connectivity index is 1.81. The van der Waals surface area contributed by atoms with Gasteiger partial charge in [0.25, 0.3) is 0 Å². The predicted molar refractivity (Wildman–Crippen MR) is 84.9 cm³/mol. The highest BCUT2D eigenvalue weighted by Gasteiger charge is 2.31. The first-order valence-corrected chi connectivity index (χ1v) is 8.20. The molecule has 1 aromatic heterocycles. The van der Waals surface area contributed by atoms with Crippen LogP contribution in [0.15, 0.2) is 36.4 Å². The molecule has 1 aliphatic rings. The summed E-state index contributed by atoms with van der Waals surface area (Å²) in [5, 5.41) is 3.60. The van der Waals surface area contributed by atoms with Gasteiger partial charge in [-0.2, -0.15) is 0 Å². The molecule has 2 aromatic rings. The molecule has 0 saturated heterocycles. The number of benzene rings is 1. The second kappa shape index (κ2) is 6.17. The smallest absolute Gasteiger partial charge is 0.123 e. The van der Waals surface area contributed by atoms with E-state index in [-0.39, 0.29) is 12.1 Å². The minimum atomic E-state index is 0.147. The maximum absolute atomic E-state index is 6.13. The summed E-state index contributed by atoms with van der Waals surface area (Å²) in [5.41, 5.74) is 1.29. The lowest BCUT2D eigenvalue weighted by Crippen LogP contribution is -2.34. The van der Waals surface area contributed by atoms with E-state index in [2.05, 4.69) is 30.4 Å². The number of fused-ring (bicyclic) bond motifs is 1. The van der Waals surface area contributed by atoms with E-state index in [0.717, 1.165) is 29.5 Å². The third-order valence-electron chi connectivity index (χ3n) is 3.56. The van der Waals surface area contributed by atoms with Gasteiger partial charge >= 0.3 is 0 Å². The van der Waals surface area contributed by atoms with Crippen molar-refractivity contribution in [3.8, 4) is 5.75 Å². The summed E-state index contributed by atoms with van der Waals surface area (Å²) in [6, 6.07) is 12.6. The van der Waals surface area contributed by atoms with Crippen LogP contribution in [0, 0.1) is 0 Å². The van der Waals surface area contributed by atoms with E-state index in [1.165, 1.54) is 10.4 Å². The molecular weight excluding hydrogens is 290 g/mol. The molecular formula is C16H18ClNOS. The number of hydrogen-bond donors (Lipinski definition) is 1. The number of nitrogens with one attached hydrogen (secondary N) is 1. The number of thiophene rings is 1. The number of ether oxygens (including phenoxy) is 1. The molecule has 0 spiro atoms. The van der Waals surface area contributed by atoms with E-state index < -0.39 is 0 Å². The van der Waals surface area contributed by atoms with Crippen molar-refractivity contribution in [2.75, 3.05) is 6.54 Å². The Bertz CT molecular complexity index is 558. The Hall–Kier alpha value is -1.03. The lowest BCUT2D eigenvalue weighted by atomic mass is 10.0. The Morgan fingerprint density at radius 3 is 2.90 bits per heavy atom. The van der Waals surface area contributed by atoms with Crippen LogP contribution in [0.25, 0.3) is 0 Å². The van der Waals surface area contributed by atoms with Crippen molar-refractivity contribution in [1.82, 2.24) is 5.32 Å². The topological polar surface area (TPSA) is 21.3 Å². The van der Waals surface area contributed by atoms with Crippen molar-refractivity contribution in [2.45, 2.75) is 31.9 Å². The van der Waals surface area contributed by atoms with E-state index in [4.69, 9.17) is 16.3 Å². The summed E-state index contributed by atoms with van der Waals surface area (Å²) < 4.78 is 6.96. The summed E-state index contributed by atoms with van der Waals surface area (Å²) in [5.74, 6) is 1.02. The standard InChI is InChI=1S/C16H18ClNOS/c1-2-9-18-16(14-7-8-15(17)20-14)13-10-11-5-3-4-6-12(11)19-13/h3-8,13,16,18H,2,9-10H2,1H3. The Morgan fingerprint density at radius 2 is 2.20 bits per heavy atom. The fourth-order valence-corrected chi connectivity index (χ4v) is 3.80. The van der Waals surface area contributed by atoms with Gasteiger partial charge in [-0.25, -0.2) is 0 Å². The number of rotatable bonds is 5. The normalized spacial score (nSPS) is 18.6. The summed E-state index contributed by atoms with van der Waals surface area (Å²) >= 11 is 7.72. The van der Waals surface area contributed by atoms with Gasteiger partial charge in [0.05, 0.1) is 10.4 Å². The monoisotopic (exact) mass is 307 g/mol. The van der Waals surface area contributed by atoms with Gasteiger partial charge in [0, 0.05) is 11.3 Å². The summed E-state index contributed by atoms with van der Waals surface area (Å²) in [6.45, 7) is 3.16. The molecule has 2 atom stereocenters. The molecule has 2 unspecified atom stereocenters. The van der Waals surface area contributed by atoms with Crippen LogP contribution in [0.5, 0.6) is 5.75 Å². The van der Waals surface area contributed by atoms with E-state index in [1.54, 1.807) is 11.3 Å². The first-order valence-electron chi connectivity index (χ1n) is 7.01. The van der Waals surface area contributed by atoms with Crippen LogP contribution in [-0.4, -0.2) is 12.6 Å². The molecule has 0 aliphatic carbocycles. The van der Waals surface area contributed by atoms with Gasteiger partial charge in [0.1, 0.15) is 11.9 Å². The highest BCUT2D eigenvalue weighted by molar-refractivity contribution is 7.16. The average Bonchev–Trinajstić information content (AvgIpc) is 3.05. The second-order valence-electron chi connectivity index (χ2n) is 5.04. The lowest BCUT2D eigenvalue weighted by molar-refractivity contribution is 0.180. The maximum atomic E-state index is 6.13. The van der Waals surface area contributed by atoms with Crippen molar-refractivity contribution in [3.63, 3.8) is 0 Å². The van der Waals surface area contributed by atoms with E-state index in [9.17, 15) is 0 Å². The van der Waals surface area contributed by atoms with Gasteiger partial charge in [0.15, 0.2) is 0 Å². The summed E-state index contributed by atoms with van der Waals surface area (Å²) in [4.78, 5) is 1.25.